The van der Waals surface area contributed by atoms with Crippen molar-refractivity contribution < 1.29 is 0 Å². The number of nitrogens with zero attached hydrogens (tertiary/aromatic N) is 1. The van der Waals surface area contributed by atoms with Crippen molar-refractivity contribution in [1.29, 1.82) is 0 Å². The molecule has 1 heterocycles. The van der Waals surface area contributed by atoms with Crippen molar-refractivity contribution in [2.75, 3.05) is 0 Å². The smallest absolute Gasteiger partial charge is 0.124 e. The molecular weight excluding hydrogens is 286 g/mol. The zero-order valence-corrected chi connectivity index (χ0v) is 12.7. The summed E-state index contributed by atoms with van der Waals surface area (Å²) < 4.78 is 0. The summed E-state index contributed by atoms with van der Waals surface area (Å²) in [5.41, 5.74) is 4.53. The average molecular weight is 300 g/mol. The molecular formula is C17H14ClNS. The summed E-state index contributed by atoms with van der Waals surface area (Å²) in [7, 11) is 0. The van der Waals surface area contributed by atoms with Gasteiger partial charge in [0.05, 0.1) is 11.6 Å². The molecule has 0 aliphatic rings. The number of hydrogen-bond acceptors (Lipinski definition) is 2. The van der Waals surface area contributed by atoms with Gasteiger partial charge in [0.1, 0.15) is 5.01 Å². The van der Waals surface area contributed by atoms with E-state index in [1.54, 1.807) is 11.3 Å². The van der Waals surface area contributed by atoms with E-state index in [0.717, 1.165) is 26.7 Å². The highest BCUT2D eigenvalue weighted by molar-refractivity contribution is 7.15. The quantitative estimate of drug-likeness (QED) is 0.580. The molecule has 0 unspecified atom stereocenters. The van der Waals surface area contributed by atoms with E-state index < -0.39 is 0 Å². The van der Waals surface area contributed by atoms with E-state index in [4.69, 9.17) is 16.6 Å². The average Bonchev–Trinajstić information content (AvgIpc) is 2.93. The van der Waals surface area contributed by atoms with Crippen molar-refractivity contribution in [2.45, 2.75) is 12.8 Å². The molecule has 20 heavy (non-hydrogen) atoms. The molecule has 0 aliphatic carbocycles. The normalized spacial score (nSPS) is 10.7. The second-order valence-corrected chi connectivity index (χ2v) is 6.01. The lowest BCUT2D eigenvalue weighted by Crippen LogP contribution is -1.82. The first-order chi connectivity index (χ1) is 9.78. The van der Waals surface area contributed by atoms with E-state index in [1.165, 1.54) is 5.56 Å². The lowest BCUT2D eigenvalue weighted by molar-refractivity contribution is 1.35. The summed E-state index contributed by atoms with van der Waals surface area (Å²) in [4.78, 5) is 5.90. The Labute approximate surface area is 127 Å². The standard InChI is InChI=1S/C17H14ClNS/c1-12-7-9-14(10-8-12)17-19-16(15(11-18)20-17)13-5-3-2-4-6-13/h2-10H,11H2,1H3. The maximum absolute atomic E-state index is 6.08. The largest absolute Gasteiger partial charge is 0.236 e. The van der Waals surface area contributed by atoms with Crippen LogP contribution in [0.4, 0.5) is 0 Å². The SMILES string of the molecule is Cc1ccc(-c2nc(-c3ccccc3)c(CCl)s2)cc1. The van der Waals surface area contributed by atoms with Crippen LogP contribution < -0.4 is 0 Å². The fraction of sp³-hybridized carbons (Fsp3) is 0.118. The highest BCUT2D eigenvalue weighted by Crippen LogP contribution is 2.34. The van der Waals surface area contributed by atoms with Crippen molar-refractivity contribution in [3.63, 3.8) is 0 Å². The third-order valence-electron chi connectivity index (χ3n) is 3.16. The third kappa shape index (κ3) is 2.62. The zero-order valence-electron chi connectivity index (χ0n) is 11.1. The van der Waals surface area contributed by atoms with Gasteiger partial charge in [-0.1, -0.05) is 60.2 Å². The second-order valence-electron chi connectivity index (χ2n) is 4.66. The van der Waals surface area contributed by atoms with Crippen LogP contribution in [0.25, 0.3) is 21.8 Å². The number of benzene rings is 2. The number of aryl methyl sites for hydroxylation is 1. The third-order valence-corrected chi connectivity index (χ3v) is 4.69. The Bertz CT molecular complexity index is 702. The van der Waals surface area contributed by atoms with Crippen LogP contribution in [0, 0.1) is 6.92 Å². The van der Waals surface area contributed by atoms with Crippen LogP contribution in [0.5, 0.6) is 0 Å². The molecule has 0 aliphatic heterocycles. The zero-order chi connectivity index (χ0) is 13.9. The first kappa shape index (κ1) is 13.3. The molecule has 3 aromatic rings. The summed E-state index contributed by atoms with van der Waals surface area (Å²) in [6, 6.07) is 18.7. The summed E-state index contributed by atoms with van der Waals surface area (Å²) in [6.45, 7) is 2.09. The minimum absolute atomic E-state index is 0.494. The molecule has 0 atom stereocenters. The first-order valence-electron chi connectivity index (χ1n) is 6.46. The second kappa shape index (κ2) is 5.78. The molecule has 0 saturated carbocycles. The minimum atomic E-state index is 0.494. The molecule has 1 aromatic heterocycles. The lowest BCUT2D eigenvalue weighted by Gasteiger charge is -1.98. The van der Waals surface area contributed by atoms with Gasteiger partial charge in [0.25, 0.3) is 0 Å². The van der Waals surface area contributed by atoms with Crippen LogP contribution in [-0.2, 0) is 5.88 Å². The van der Waals surface area contributed by atoms with Crippen molar-refractivity contribution in [3.8, 4) is 21.8 Å². The van der Waals surface area contributed by atoms with Gasteiger partial charge in [0.15, 0.2) is 0 Å². The Morgan fingerprint density at radius 2 is 1.65 bits per heavy atom. The van der Waals surface area contributed by atoms with Crippen LogP contribution in [0.2, 0.25) is 0 Å². The topological polar surface area (TPSA) is 12.9 Å². The van der Waals surface area contributed by atoms with Crippen LogP contribution in [0.3, 0.4) is 0 Å². The molecule has 1 nitrogen and oxygen atoms in total. The molecule has 0 saturated heterocycles. The van der Waals surface area contributed by atoms with Gasteiger partial charge in [-0.05, 0) is 6.92 Å². The molecule has 2 aromatic carbocycles. The molecule has 100 valence electrons. The summed E-state index contributed by atoms with van der Waals surface area (Å²) in [5, 5.41) is 1.03. The van der Waals surface area contributed by atoms with Gasteiger partial charge < -0.3 is 0 Å². The van der Waals surface area contributed by atoms with Crippen LogP contribution in [-0.4, -0.2) is 4.98 Å². The molecule has 0 bridgehead atoms. The summed E-state index contributed by atoms with van der Waals surface area (Å²) >= 11 is 7.75. The van der Waals surface area contributed by atoms with E-state index >= 15 is 0 Å². The molecule has 0 amide bonds. The molecule has 3 heteroatoms. The number of hydrogen-bond donors (Lipinski definition) is 0. The van der Waals surface area contributed by atoms with Crippen molar-refractivity contribution in [1.82, 2.24) is 4.98 Å². The van der Waals surface area contributed by atoms with Gasteiger partial charge in [0, 0.05) is 16.0 Å². The highest BCUT2D eigenvalue weighted by atomic mass is 35.5. The number of halogens is 1. The predicted octanol–water partition coefficient (Wildman–Crippen LogP) is 5.52. The maximum atomic E-state index is 6.08. The maximum Gasteiger partial charge on any atom is 0.124 e. The van der Waals surface area contributed by atoms with Gasteiger partial charge in [-0.2, -0.15) is 0 Å². The Morgan fingerprint density at radius 1 is 0.950 bits per heavy atom. The number of aromatic nitrogens is 1. The summed E-state index contributed by atoms with van der Waals surface area (Å²) in [6.07, 6.45) is 0. The van der Waals surface area contributed by atoms with Gasteiger partial charge in [-0.15, -0.1) is 22.9 Å². The lowest BCUT2D eigenvalue weighted by atomic mass is 10.1. The molecule has 0 fully saturated rings. The van der Waals surface area contributed by atoms with E-state index in [1.807, 2.05) is 18.2 Å². The van der Waals surface area contributed by atoms with E-state index in [0.29, 0.717) is 5.88 Å². The monoisotopic (exact) mass is 299 g/mol. The minimum Gasteiger partial charge on any atom is -0.236 e. The fourth-order valence-corrected chi connectivity index (χ4v) is 3.31. The van der Waals surface area contributed by atoms with Crippen LogP contribution in [0.15, 0.2) is 54.6 Å². The van der Waals surface area contributed by atoms with Crippen LogP contribution in [0.1, 0.15) is 10.4 Å². The predicted molar refractivity (Wildman–Crippen MR) is 87.3 cm³/mol. The molecule has 0 N–H and O–H groups in total. The van der Waals surface area contributed by atoms with Gasteiger partial charge in [0.2, 0.25) is 0 Å². The van der Waals surface area contributed by atoms with E-state index in [2.05, 4.69) is 43.3 Å². The summed E-state index contributed by atoms with van der Waals surface area (Å²) in [5.74, 6) is 0.494. The van der Waals surface area contributed by atoms with Crippen molar-refractivity contribution in [3.05, 3.63) is 65.0 Å². The Kier molecular flexibility index (Phi) is 3.86. The van der Waals surface area contributed by atoms with E-state index in [-0.39, 0.29) is 0 Å². The molecule has 0 radical (unpaired) electrons. The van der Waals surface area contributed by atoms with Gasteiger partial charge >= 0.3 is 0 Å². The Balaban J connectivity index is 2.07. The van der Waals surface area contributed by atoms with Crippen molar-refractivity contribution >= 4 is 22.9 Å². The number of alkyl halides is 1. The van der Waals surface area contributed by atoms with Gasteiger partial charge in [-0.25, -0.2) is 4.98 Å². The highest BCUT2D eigenvalue weighted by Gasteiger charge is 2.13. The van der Waals surface area contributed by atoms with Gasteiger partial charge in [-0.3, -0.25) is 0 Å². The fourth-order valence-electron chi connectivity index (χ4n) is 2.08. The first-order valence-corrected chi connectivity index (χ1v) is 7.81. The number of thiazole rings is 1. The number of rotatable bonds is 3. The Morgan fingerprint density at radius 3 is 2.30 bits per heavy atom. The molecule has 0 spiro atoms. The van der Waals surface area contributed by atoms with Crippen LogP contribution >= 0.6 is 22.9 Å². The molecule has 3 rings (SSSR count). The van der Waals surface area contributed by atoms with E-state index in [9.17, 15) is 0 Å². The Hall–Kier alpha value is -1.64. The van der Waals surface area contributed by atoms with Crippen molar-refractivity contribution in [2.24, 2.45) is 0 Å².